The molecule has 6 heteroatoms. The molecule has 0 radical (unpaired) electrons. The van der Waals surface area contributed by atoms with Crippen LogP contribution in [0.15, 0.2) is 54.3 Å². The van der Waals surface area contributed by atoms with E-state index in [1.807, 2.05) is 35.9 Å². The fraction of sp³-hybridized carbons (Fsp3) is 0.417. The molecule has 2 aliphatic rings. The van der Waals surface area contributed by atoms with Crippen LogP contribution in [-0.4, -0.2) is 26.5 Å². The molecule has 0 spiro atoms. The molecule has 6 nitrogen and oxygen atoms in total. The number of pyridine rings is 1. The quantitative estimate of drug-likeness (QED) is 0.593. The fourth-order valence-electron chi connectivity index (χ4n) is 4.30. The number of fused-ring (bicyclic) bond motifs is 3. The molecule has 0 saturated heterocycles. The number of aromatic nitrogens is 3. The van der Waals surface area contributed by atoms with Gasteiger partial charge in [0.1, 0.15) is 0 Å². The largest absolute Gasteiger partial charge is 0.342 e. The maximum Gasteiger partial charge on any atom is 0.272 e. The van der Waals surface area contributed by atoms with Gasteiger partial charge in [-0.15, -0.1) is 0 Å². The van der Waals surface area contributed by atoms with Gasteiger partial charge in [-0.2, -0.15) is 5.10 Å². The van der Waals surface area contributed by atoms with Crippen molar-refractivity contribution in [1.29, 1.82) is 0 Å². The lowest BCUT2D eigenvalue weighted by molar-refractivity contribution is 0.0893. The van der Waals surface area contributed by atoms with E-state index in [9.17, 15) is 4.79 Å². The highest BCUT2D eigenvalue weighted by molar-refractivity contribution is 5.99. The van der Waals surface area contributed by atoms with Crippen molar-refractivity contribution >= 4 is 11.7 Å². The molecule has 4 rings (SSSR count). The van der Waals surface area contributed by atoms with Gasteiger partial charge >= 0.3 is 0 Å². The lowest BCUT2D eigenvalue weighted by Crippen LogP contribution is -2.37. The SMILES string of the molecule is C=C/C(=N\C=C/C)n1nc(C(=O)N[C@@H](c2ccccn2)C(C)(C)C)c2c1[C@H]1C[C@H]1C2. The maximum atomic E-state index is 13.4. The van der Waals surface area contributed by atoms with Crippen LogP contribution in [0.3, 0.4) is 0 Å². The summed E-state index contributed by atoms with van der Waals surface area (Å²) >= 11 is 0. The monoisotopic (exact) mass is 403 g/mol. The van der Waals surface area contributed by atoms with Crippen LogP contribution in [0, 0.1) is 11.3 Å². The summed E-state index contributed by atoms with van der Waals surface area (Å²) in [6, 6.07) is 5.56. The number of hydrogen-bond acceptors (Lipinski definition) is 4. The van der Waals surface area contributed by atoms with E-state index in [1.54, 1.807) is 18.5 Å². The third-order valence-electron chi connectivity index (χ3n) is 5.86. The molecular formula is C24H29N5O. The van der Waals surface area contributed by atoms with Crippen molar-refractivity contribution in [1.82, 2.24) is 20.1 Å². The highest BCUT2D eigenvalue weighted by Gasteiger charge is 2.50. The van der Waals surface area contributed by atoms with Crippen LogP contribution in [0.2, 0.25) is 0 Å². The normalized spacial score (nSPS) is 21.3. The molecule has 30 heavy (non-hydrogen) atoms. The van der Waals surface area contributed by atoms with Gasteiger partial charge < -0.3 is 5.32 Å². The number of rotatable bonds is 5. The Kier molecular flexibility index (Phi) is 5.18. The first-order valence-electron chi connectivity index (χ1n) is 10.5. The Bertz CT molecular complexity index is 1030. The number of carbonyl (C=O) groups is 1. The minimum atomic E-state index is -0.224. The first kappa shape index (κ1) is 20.3. The number of aliphatic imine (C=N–C) groups is 1. The average molecular weight is 404 g/mol. The minimum absolute atomic E-state index is 0.161. The first-order valence-corrected chi connectivity index (χ1v) is 10.5. The van der Waals surface area contributed by atoms with E-state index in [0.717, 1.165) is 29.8 Å². The van der Waals surface area contributed by atoms with E-state index in [4.69, 9.17) is 5.10 Å². The van der Waals surface area contributed by atoms with Gasteiger partial charge in [0.05, 0.1) is 17.4 Å². The lowest BCUT2D eigenvalue weighted by atomic mass is 9.84. The average Bonchev–Trinajstić information content (AvgIpc) is 3.22. The Morgan fingerprint density at radius 1 is 1.40 bits per heavy atom. The van der Waals surface area contributed by atoms with E-state index in [1.165, 1.54) is 0 Å². The van der Waals surface area contributed by atoms with Gasteiger partial charge in [-0.05, 0) is 49.3 Å². The van der Waals surface area contributed by atoms with E-state index in [2.05, 4.69) is 42.6 Å². The van der Waals surface area contributed by atoms with E-state index in [0.29, 0.717) is 23.4 Å². The molecule has 2 heterocycles. The van der Waals surface area contributed by atoms with Crippen LogP contribution in [-0.2, 0) is 6.42 Å². The number of nitrogens with zero attached hydrogens (tertiary/aromatic N) is 4. The second-order valence-electron chi connectivity index (χ2n) is 9.13. The van der Waals surface area contributed by atoms with Gasteiger partial charge in [0.2, 0.25) is 0 Å². The minimum Gasteiger partial charge on any atom is -0.342 e. The number of hydrogen-bond donors (Lipinski definition) is 1. The van der Waals surface area contributed by atoms with Crippen LogP contribution < -0.4 is 5.32 Å². The zero-order valence-corrected chi connectivity index (χ0v) is 18.1. The van der Waals surface area contributed by atoms with Crippen LogP contribution in [0.5, 0.6) is 0 Å². The van der Waals surface area contributed by atoms with Gasteiger partial charge in [-0.3, -0.25) is 9.78 Å². The van der Waals surface area contributed by atoms with Crippen molar-refractivity contribution in [3.8, 4) is 0 Å². The van der Waals surface area contributed by atoms with Crippen LogP contribution >= 0.6 is 0 Å². The number of nitrogens with one attached hydrogen (secondary N) is 1. The number of carbonyl (C=O) groups excluding carboxylic acids is 1. The van der Waals surface area contributed by atoms with Gasteiger partial charge in [-0.1, -0.05) is 39.5 Å². The Morgan fingerprint density at radius 3 is 2.83 bits per heavy atom. The van der Waals surface area contributed by atoms with Crippen molar-refractivity contribution in [2.45, 2.75) is 52.5 Å². The van der Waals surface area contributed by atoms with Crippen molar-refractivity contribution in [2.75, 3.05) is 0 Å². The van der Waals surface area contributed by atoms with Crippen molar-refractivity contribution in [2.24, 2.45) is 16.3 Å². The highest BCUT2D eigenvalue weighted by atomic mass is 16.2. The zero-order chi connectivity index (χ0) is 21.5. The Hall–Kier alpha value is -3.02. The molecule has 1 N–H and O–H groups in total. The second-order valence-corrected chi connectivity index (χ2v) is 9.13. The van der Waals surface area contributed by atoms with Gasteiger partial charge in [0, 0.05) is 23.9 Å². The summed E-state index contributed by atoms with van der Waals surface area (Å²) in [4.78, 5) is 22.3. The summed E-state index contributed by atoms with van der Waals surface area (Å²) in [6.45, 7) is 12.1. The molecule has 0 aliphatic heterocycles. The first-order chi connectivity index (χ1) is 14.3. The van der Waals surface area contributed by atoms with Crippen LogP contribution in [0.25, 0.3) is 0 Å². The molecular weight excluding hydrogens is 374 g/mol. The summed E-state index contributed by atoms with van der Waals surface area (Å²) in [7, 11) is 0. The topological polar surface area (TPSA) is 72.2 Å². The summed E-state index contributed by atoms with van der Waals surface area (Å²) in [5.41, 5.74) is 3.32. The van der Waals surface area contributed by atoms with Crippen LogP contribution in [0.1, 0.15) is 73.5 Å². The predicted octanol–water partition coefficient (Wildman–Crippen LogP) is 4.42. The molecule has 1 amide bonds. The summed E-state index contributed by atoms with van der Waals surface area (Å²) < 4.78 is 1.82. The van der Waals surface area contributed by atoms with E-state index < -0.39 is 0 Å². The molecule has 0 unspecified atom stereocenters. The van der Waals surface area contributed by atoms with Crippen LogP contribution in [0.4, 0.5) is 0 Å². The van der Waals surface area contributed by atoms with Gasteiger partial charge in [0.15, 0.2) is 11.5 Å². The summed E-state index contributed by atoms with van der Waals surface area (Å²) in [5, 5.41) is 7.92. The standard InChI is InChI=1S/C24H29N5O/c1-6-11-26-19(7-2)29-21-16-13-15(16)14-17(21)20(28-29)23(30)27-22(24(3,4)5)18-10-8-9-12-25-18/h6-12,15-16,22H,2,13-14H2,1,3-5H3,(H,27,30)/b11-6-,26-19+/t15-,16-,22-/m0/s1. The Labute approximate surface area is 177 Å². The molecule has 1 saturated carbocycles. The molecule has 156 valence electrons. The molecule has 1 fully saturated rings. The predicted molar refractivity (Wildman–Crippen MR) is 119 cm³/mol. The summed E-state index contributed by atoms with van der Waals surface area (Å²) in [5.74, 6) is 1.58. The smallest absolute Gasteiger partial charge is 0.272 e. The molecule has 2 aliphatic carbocycles. The maximum absolute atomic E-state index is 13.4. The third-order valence-corrected chi connectivity index (χ3v) is 5.86. The summed E-state index contributed by atoms with van der Waals surface area (Å²) in [6.07, 6.45) is 9.10. The number of amides is 1. The van der Waals surface area contributed by atoms with Crippen molar-refractivity contribution in [3.63, 3.8) is 0 Å². The fourth-order valence-corrected chi connectivity index (χ4v) is 4.30. The molecule has 0 aromatic carbocycles. The van der Waals surface area contributed by atoms with Gasteiger partial charge in [-0.25, -0.2) is 9.67 Å². The lowest BCUT2D eigenvalue weighted by Gasteiger charge is -2.30. The number of allylic oxidation sites excluding steroid dienone is 2. The Balaban J connectivity index is 1.71. The molecule has 2 aromatic heterocycles. The van der Waals surface area contributed by atoms with E-state index in [-0.39, 0.29) is 17.4 Å². The molecule has 0 bridgehead atoms. The van der Waals surface area contributed by atoms with Crippen molar-refractivity contribution < 1.29 is 4.79 Å². The Morgan fingerprint density at radius 2 is 2.20 bits per heavy atom. The highest BCUT2D eigenvalue weighted by Crippen LogP contribution is 2.57. The molecule has 2 aromatic rings. The zero-order valence-electron chi connectivity index (χ0n) is 18.1. The van der Waals surface area contributed by atoms with Crippen molar-refractivity contribution in [3.05, 3.63) is 72.0 Å². The second kappa shape index (κ2) is 7.67. The van der Waals surface area contributed by atoms with E-state index >= 15 is 0 Å². The van der Waals surface area contributed by atoms with Gasteiger partial charge in [0.25, 0.3) is 5.91 Å². The molecule has 3 atom stereocenters. The third kappa shape index (κ3) is 3.62.